The van der Waals surface area contributed by atoms with Gasteiger partial charge in [-0.3, -0.25) is 4.79 Å². The molecule has 0 unspecified atom stereocenters. The van der Waals surface area contributed by atoms with E-state index in [1.807, 2.05) is 11.6 Å². The number of aromatic nitrogens is 2. The fourth-order valence-corrected chi connectivity index (χ4v) is 0.731. The first-order valence-electron chi connectivity index (χ1n) is 3.35. The van der Waals surface area contributed by atoms with Crippen molar-refractivity contribution >= 4 is 11.9 Å². The second kappa shape index (κ2) is 3.14. The summed E-state index contributed by atoms with van der Waals surface area (Å²) in [5.41, 5.74) is 0.931. The summed E-state index contributed by atoms with van der Waals surface area (Å²) in [6.07, 6.45) is 6.67. The van der Waals surface area contributed by atoms with Crippen LogP contribution >= 0.6 is 0 Å². The van der Waals surface area contributed by atoms with E-state index in [2.05, 4.69) is 4.98 Å². The smallest absolute Gasteiger partial charge is 0.152 e. The lowest BCUT2D eigenvalue weighted by atomic mass is 10.3. The predicted molar refractivity (Wildman–Crippen MR) is 42.9 cm³/mol. The highest BCUT2D eigenvalue weighted by Crippen LogP contribution is 1.98. The van der Waals surface area contributed by atoms with Gasteiger partial charge >= 0.3 is 0 Å². The first kappa shape index (κ1) is 7.72. The first-order valence-corrected chi connectivity index (χ1v) is 3.35. The highest BCUT2D eigenvalue weighted by Gasteiger charge is 1.91. The van der Waals surface area contributed by atoms with Crippen molar-refractivity contribution in [2.75, 3.05) is 0 Å². The van der Waals surface area contributed by atoms with E-state index < -0.39 is 0 Å². The van der Waals surface area contributed by atoms with E-state index in [4.69, 9.17) is 0 Å². The van der Waals surface area contributed by atoms with E-state index in [1.54, 1.807) is 18.6 Å². The Kier molecular flexibility index (Phi) is 2.21. The van der Waals surface area contributed by atoms with Gasteiger partial charge in [0.25, 0.3) is 0 Å². The Balaban J connectivity index is 2.79. The number of hydrogen-bond acceptors (Lipinski definition) is 2. The molecular weight excluding hydrogens is 140 g/mol. The second-order valence-corrected chi connectivity index (χ2v) is 2.37. The van der Waals surface area contributed by atoms with Crippen LogP contribution in [0, 0.1) is 0 Å². The maximum Gasteiger partial charge on any atom is 0.152 e. The van der Waals surface area contributed by atoms with Gasteiger partial charge in [-0.05, 0) is 19.1 Å². The minimum atomic E-state index is 0.0474. The summed E-state index contributed by atoms with van der Waals surface area (Å²) in [4.78, 5) is 14.4. The fourth-order valence-electron chi connectivity index (χ4n) is 0.731. The van der Waals surface area contributed by atoms with Gasteiger partial charge in [0.05, 0.1) is 18.2 Å². The van der Waals surface area contributed by atoms with Crippen LogP contribution in [-0.2, 0) is 11.8 Å². The molecule has 0 radical (unpaired) electrons. The summed E-state index contributed by atoms with van der Waals surface area (Å²) in [5.74, 6) is 0.0474. The monoisotopic (exact) mass is 150 g/mol. The highest BCUT2D eigenvalue weighted by atomic mass is 16.1. The van der Waals surface area contributed by atoms with Crippen LogP contribution in [0.25, 0.3) is 6.08 Å². The number of carbonyl (C=O) groups excluding carboxylic acids is 1. The van der Waals surface area contributed by atoms with Gasteiger partial charge in [0, 0.05) is 7.05 Å². The van der Waals surface area contributed by atoms with Gasteiger partial charge in [-0.15, -0.1) is 0 Å². The summed E-state index contributed by atoms with van der Waals surface area (Å²) in [6, 6.07) is 0. The Morgan fingerprint density at radius 1 is 1.73 bits per heavy atom. The van der Waals surface area contributed by atoms with Crippen molar-refractivity contribution in [1.82, 2.24) is 9.55 Å². The summed E-state index contributed by atoms with van der Waals surface area (Å²) < 4.78 is 1.85. The number of carbonyl (C=O) groups is 1. The van der Waals surface area contributed by atoms with Crippen LogP contribution in [0.5, 0.6) is 0 Å². The molecule has 0 bridgehead atoms. The molecule has 0 aliphatic heterocycles. The van der Waals surface area contributed by atoms with E-state index in [1.165, 1.54) is 13.0 Å². The fraction of sp³-hybridized carbons (Fsp3) is 0.250. The number of nitrogens with zero attached hydrogens (tertiary/aromatic N) is 2. The lowest BCUT2D eigenvalue weighted by Crippen LogP contribution is -1.88. The first-order chi connectivity index (χ1) is 5.20. The second-order valence-electron chi connectivity index (χ2n) is 2.37. The van der Waals surface area contributed by atoms with Crippen molar-refractivity contribution in [3.05, 3.63) is 24.3 Å². The third kappa shape index (κ3) is 2.04. The van der Waals surface area contributed by atoms with Gasteiger partial charge in [0.1, 0.15) is 0 Å². The van der Waals surface area contributed by atoms with Gasteiger partial charge in [0.2, 0.25) is 0 Å². The largest absolute Gasteiger partial charge is 0.334 e. The molecule has 1 aromatic heterocycles. The van der Waals surface area contributed by atoms with Crippen molar-refractivity contribution in [2.45, 2.75) is 6.92 Å². The van der Waals surface area contributed by atoms with Crippen molar-refractivity contribution in [3.63, 3.8) is 0 Å². The number of allylic oxidation sites excluding steroid dienone is 1. The molecule has 1 heterocycles. The maximum absolute atomic E-state index is 10.5. The molecule has 0 aromatic carbocycles. The van der Waals surface area contributed by atoms with Crippen LogP contribution in [0.4, 0.5) is 0 Å². The van der Waals surface area contributed by atoms with Crippen molar-refractivity contribution in [1.29, 1.82) is 0 Å². The summed E-state index contributed by atoms with van der Waals surface area (Å²) in [6.45, 7) is 1.52. The molecule has 3 heteroatoms. The van der Waals surface area contributed by atoms with E-state index in [9.17, 15) is 4.79 Å². The Labute approximate surface area is 65.4 Å². The van der Waals surface area contributed by atoms with Gasteiger partial charge in [0.15, 0.2) is 5.78 Å². The molecule has 1 aromatic rings. The number of ketones is 1. The minimum Gasteiger partial charge on any atom is -0.334 e. The van der Waals surface area contributed by atoms with E-state index in [-0.39, 0.29) is 5.78 Å². The molecule has 0 spiro atoms. The summed E-state index contributed by atoms with van der Waals surface area (Å²) in [7, 11) is 1.88. The molecule has 3 nitrogen and oxygen atoms in total. The summed E-state index contributed by atoms with van der Waals surface area (Å²) >= 11 is 0. The molecule has 0 aliphatic rings. The zero-order chi connectivity index (χ0) is 8.27. The molecule has 0 atom stereocenters. The van der Waals surface area contributed by atoms with Crippen LogP contribution < -0.4 is 0 Å². The Hall–Kier alpha value is -1.38. The van der Waals surface area contributed by atoms with E-state index in [0.717, 1.165) is 5.69 Å². The zero-order valence-electron chi connectivity index (χ0n) is 6.61. The lowest BCUT2D eigenvalue weighted by molar-refractivity contribution is -0.112. The lowest BCUT2D eigenvalue weighted by Gasteiger charge is -1.91. The standard InChI is InChI=1S/C8H10N2O/c1-7(11)3-4-8-5-9-6-10(8)2/h3-6H,1-2H3/b4-3+. The average molecular weight is 150 g/mol. The topological polar surface area (TPSA) is 34.9 Å². The van der Waals surface area contributed by atoms with Crippen molar-refractivity contribution in [2.24, 2.45) is 7.05 Å². The molecule has 0 fully saturated rings. The SMILES string of the molecule is CC(=O)/C=C/c1cncn1C. The molecule has 0 N–H and O–H groups in total. The molecule has 0 amide bonds. The van der Waals surface area contributed by atoms with Crippen LogP contribution in [-0.4, -0.2) is 15.3 Å². The molecule has 58 valence electrons. The number of imidazole rings is 1. The number of hydrogen-bond donors (Lipinski definition) is 0. The van der Waals surface area contributed by atoms with Crippen LogP contribution in [0.15, 0.2) is 18.6 Å². The zero-order valence-corrected chi connectivity index (χ0v) is 6.61. The summed E-state index contributed by atoms with van der Waals surface area (Å²) in [5, 5.41) is 0. The predicted octanol–water partition coefficient (Wildman–Crippen LogP) is 1.02. The van der Waals surface area contributed by atoms with E-state index >= 15 is 0 Å². The van der Waals surface area contributed by atoms with Gasteiger partial charge in [-0.1, -0.05) is 0 Å². The number of aryl methyl sites for hydroxylation is 1. The molecule has 0 aliphatic carbocycles. The molecule has 1 rings (SSSR count). The van der Waals surface area contributed by atoms with Crippen LogP contribution in [0.1, 0.15) is 12.6 Å². The Morgan fingerprint density at radius 2 is 2.45 bits per heavy atom. The average Bonchev–Trinajstić information content (AvgIpc) is 2.31. The quantitative estimate of drug-likeness (QED) is 0.590. The molecule has 0 saturated heterocycles. The highest BCUT2D eigenvalue weighted by molar-refractivity contribution is 5.91. The minimum absolute atomic E-state index is 0.0474. The van der Waals surface area contributed by atoms with Crippen molar-refractivity contribution in [3.8, 4) is 0 Å². The third-order valence-electron chi connectivity index (χ3n) is 1.34. The molecule has 11 heavy (non-hydrogen) atoms. The van der Waals surface area contributed by atoms with Gasteiger partial charge in [-0.2, -0.15) is 0 Å². The van der Waals surface area contributed by atoms with E-state index in [0.29, 0.717) is 0 Å². The van der Waals surface area contributed by atoms with Crippen molar-refractivity contribution < 1.29 is 4.79 Å². The number of rotatable bonds is 2. The van der Waals surface area contributed by atoms with Crippen LogP contribution in [0.2, 0.25) is 0 Å². The Bertz CT molecular complexity index is 286. The Morgan fingerprint density at radius 3 is 2.91 bits per heavy atom. The normalized spacial score (nSPS) is 10.7. The van der Waals surface area contributed by atoms with Gasteiger partial charge < -0.3 is 4.57 Å². The third-order valence-corrected chi connectivity index (χ3v) is 1.34. The molecule has 0 saturated carbocycles. The van der Waals surface area contributed by atoms with Gasteiger partial charge in [-0.25, -0.2) is 4.98 Å². The molecular formula is C8H10N2O. The van der Waals surface area contributed by atoms with Crippen LogP contribution in [0.3, 0.4) is 0 Å². The maximum atomic E-state index is 10.5.